The summed E-state index contributed by atoms with van der Waals surface area (Å²) in [6.45, 7) is 2.46. The Morgan fingerprint density at radius 2 is 2.06 bits per heavy atom. The molecule has 1 fully saturated rings. The molecule has 0 bridgehead atoms. The van der Waals surface area contributed by atoms with Crippen LogP contribution in [0.4, 0.5) is 0 Å². The minimum atomic E-state index is -0.490. The predicted molar refractivity (Wildman–Crippen MR) is 118 cm³/mol. The molecule has 7 nitrogen and oxygen atoms in total. The second-order valence-electron chi connectivity index (χ2n) is 8.00. The minimum absolute atomic E-state index is 0.0331. The average molecular weight is 424 g/mol. The molecule has 1 atom stereocenters. The number of ether oxygens (including phenoxy) is 2. The fourth-order valence-electron chi connectivity index (χ4n) is 4.31. The van der Waals surface area contributed by atoms with Crippen LogP contribution in [0.15, 0.2) is 42.7 Å². The molecular formula is C24H29N3O4. The van der Waals surface area contributed by atoms with Gasteiger partial charge in [0.2, 0.25) is 11.8 Å². The van der Waals surface area contributed by atoms with Crippen molar-refractivity contribution in [3.8, 4) is 17.4 Å². The zero-order valence-electron chi connectivity index (χ0n) is 17.8. The number of carbonyl (C=O) groups excluding carboxylic acids is 1. The topological polar surface area (TPSA) is 99.6 Å². The van der Waals surface area contributed by atoms with Crippen LogP contribution in [-0.2, 0) is 4.79 Å². The molecule has 1 aliphatic carbocycles. The number of aromatic nitrogens is 2. The molecule has 3 N–H and O–H groups in total. The number of aromatic hydroxyl groups is 1. The van der Waals surface area contributed by atoms with Gasteiger partial charge in [-0.25, -0.2) is 0 Å². The molecule has 0 aliphatic heterocycles. The molecule has 7 heteroatoms. The lowest BCUT2D eigenvalue weighted by Gasteiger charge is -2.26. The van der Waals surface area contributed by atoms with E-state index in [1.54, 1.807) is 29.1 Å². The zero-order valence-corrected chi connectivity index (χ0v) is 17.8. The van der Waals surface area contributed by atoms with Crippen molar-refractivity contribution in [1.29, 1.82) is 0 Å². The van der Waals surface area contributed by atoms with E-state index >= 15 is 0 Å². The van der Waals surface area contributed by atoms with E-state index in [1.165, 1.54) is 6.42 Å². The number of fused-ring (bicyclic) bond motifs is 1. The van der Waals surface area contributed by atoms with Crippen molar-refractivity contribution >= 4 is 16.8 Å². The third-order valence-corrected chi connectivity index (χ3v) is 5.81. The van der Waals surface area contributed by atoms with Gasteiger partial charge in [0.05, 0.1) is 36.1 Å². The summed E-state index contributed by atoms with van der Waals surface area (Å²) in [6, 6.07) is 8.74. The molecule has 0 spiro atoms. The molecule has 0 radical (unpaired) electrons. The van der Waals surface area contributed by atoms with Gasteiger partial charge < -0.3 is 24.9 Å². The largest absolute Gasteiger partial charge is 0.494 e. The van der Waals surface area contributed by atoms with E-state index in [-0.39, 0.29) is 18.4 Å². The lowest BCUT2D eigenvalue weighted by atomic mass is 9.97. The number of rotatable bonds is 8. The highest BCUT2D eigenvalue weighted by atomic mass is 16.5. The van der Waals surface area contributed by atoms with E-state index < -0.39 is 11.9 Å². The highest BCUT2D eigenvalue weighted by Gasteiger charge is 2.24. The molecule has 31 heavy (non-hydrogen) atoms. The molecule has 2 aromatic heterocycles. The summed E-state index contributed by atoms with van der Waals surface area (Å²) in [5.74, 6) is 0.935. The van der Waals surface area contributed by atoms with Gasteiger partial charge in [-0.2, -0.15) is 0 Å². The molecule has 4 rings (SSSR count). The van der Waals surface area contributed by atoms with Crippen LogP contribution in [0, 0.1) is 0 Å². The Morgan fingerprint density at radius 1 is 1.26 bits per heavy atom. The first-order valence-corrected chi connectivity index (χ1v) is 10.9. The van der Waals surface area contributed by atoms with Crippen LogP contribution in [0.25, 0.3) is 10.9 Å². The molecule has 1 amide bonds. The number of amides is 1. The Balaban J connectivity index is 1.74. The maximum Gasteiger partial charge on any atom is 0.219 e. The van der Waals surface area contributed by atoms with E-state index in [1.807, 2.05) is 25.1 Å². The van der Waals surface area contributed by atoms with E-state index in [0.717, 1.165) is 31.2 Å². The SMILES string of the molecule is CCOc1ccc(C(CC(N)=O)n2cc3ncccc3c2O)cc1OC1CCCCC1. The molecule has 1 aromatic carbocycles. The Labute approximate surface area is 181 Å². The number of primary amides is 1. The number of hydrogen-bond donors (Lipinski definition) is 2. The summed E-state index contributed by atoms with van der Waals surface area (Å²) in [5.41, 5.74) is 7.03. The summed E-state index contributed by atoms with van der Waals surface area (Å²) >= 11 is 0. The second kappa shape index (κ2) is 9.29. The molecule has 2 heterocycles. The maximum absolute atomic E-state index is 11.9. The van der Waals surface area contributed by atoms with Crippen LogP contribution >= 0.6 is 0 Å². The van der Waals surface area contributed by atoms with E-state index in [0.29, 0.717) is 29.0 Å². The van der Waals surface area contributed by atoms with Crippen LogP contribution in [-0.4, -0.2) is 33.3 Å². The highest BCUT2D eigenvalue weighted by molar-refractivity contribution is 5.84. The lowest BCUT2D eigenvalue weighted by molar-refractivity contribution is -0.118. The molecule has 1 saturated carbocycles. The Bertz CT molecular complexity index is 1060. The lowest BCUT2D eigenvalue weighted by Crippen LogP contribution is -2.21. The first kappa shape index (κ1) is 21.0. The Kier molecular flexibility index (Phi) is 6.30. The maximum atomic E-state index is 11.9. The van der Waals surface area contributed by atoms with Gasteiger partial charge in [0.1, 0.15) is 0 Å². The van der Waals surface area contributed by atoms with Crippen molar-refractivity contribution in [1.82, 2.24) is 9.55 Å². The van der Waals surface area contributed by atoms with E-state index in [2.05, 4.69) is 4.98 Å². The van der Waals surface area contributed by atoms with Crippen molar-refractivity contribution in [3.05, 3.63) is 48.3 Å². The zero-order chi connectivity index (χ0) is 21.8. The standard InChI is InChI=1S/C24H29N3O4/c1-2-30-21-11-10-16(13-22(21)31-17-7-4-3-5-8-17)20(14-23(25)28)27-15-19-18(24(27)29)9-6-12-26-19/h6,9-13,15,17,20,29H,2-5,7-8,14H2,1H3,(H2,25,28). The van der Waals surface area contributed by atoms with Gasteiger partial charge in [-0.3, -0.25) is 9.78 Å². The van der Waals surface area contributed by atoms with Crippen LogP contribution in [0.5, 0.6) is 17.4 Å². The van der Waals surface area contributed by atoms with Gasteiger partial charge in [0, 0.05) is 12.4 Å². The van der Waals surface area contributed by atoms with Crippen molar-refractivity contribution in [2.45, 2.75) is 57.6 Å². The first-order valence-electron chi connectivity index (χ1n) is 10.9. The van der Waals surface area contributed by atoms with Gasteiger partial charge in [-0.05, 0) is 62.4 Å². The van der Waals surface area contributed by atoms with E-state index in [9.17, 15) is 9.90 Å². The predicted octanol–water partition coefficient (Wildman–Crippen LogP) is 4.32. The van der Waals surface area contributed by atoms with Crippen LogP contribution in [0.1, 0.15) is 57.1 Å². The van der Waals surface area contributed by atoms with E-state index in [4.69, 9.17) is 15.2 Å². The van der Waals surface area contributed by atoms with Crippen molar-refractivity contribution in [2.24, 2.45) is 5.73 Å². The highest BCUT2D eigenvalue weighted by Crippen LogP contribution is 2.38. The number of carbonyl (C=O) groups is 1. The van der Waals surface area contributed by atoms with Gasteiger partial charge in [-0.1, -0.05) is 12.5 Å². The van der Waals surface area contributed by atoms with Gasteiger partial charge in [0.15, 0.2) is 11.5 Å². The fraction of sp³-hybridized carbons (Fsp3) is 0.417. The average Bonchev–Trinajstić information content (AvgIpc) is 3.10. The molecular weight excluding hydrogens is 394 g/mol. The van der Waals surface area contributed by atoms with Gasteiger partial charge in [-0.15, -0.1) is 0 Å². The second-order valence-corrected chi connectivity index (χ2v) is 8.00. The molecule has 0 saturated heterocycles. The minimum Gasteiger partial charge on any atom is -0.494 e. The first-order chi connectivity index (χ1) is 15.1. The Morgan fingerprint density at radius 3 is 2.77 bits per heavy atom. The number of pyridine rings is 1. The quantitative estimate of drug-likeness (QED) is 0.562. The van der Waals surface area contributed by atoms with Crippen LogP contribution in [0.3, 0.4) is 0 Å². The smallest absolute Gasteiger partial charge is 0.219 e. The summed E-state index contributed by atoms with van der Waals surface area (Å²) < 4.78 is 13.8. The number of benzene rings is 1. The molecule has 1 unspecified atom stereocenters. The molecule has 164 valence electrons. The summed E-state index contributed by atoms with van der Waals surface area (Å²) in [6.07, 6.45) is 9.22. The van der Waals surface area contributed by atoms with Crippen LogP contribution in [0.2, 0.25) is 0 Å². The Hall–Kier alpha value is -3.22. The number of hydrogen-bond acceptors (Lipinski definition) is 5. The third-order valence-electron chi connectivity index (χ3n) is 5.81. The van der Waals surface area contributed by atoms with Gasteiger partial charge >= 0.3 is 0 Å². The van der Waals surface area contributed by atoms with Crippen molar-refractivity contribution < 1.29 is 19.4 Å². The molecule has 3 aromatic rings. The third kappa shape index (κ3) is 4.60. The fourth-order valence-corrected chi connectivity index (χ4v) is 4.31. The van der Waals surface area contributed by atoms with Gasteiger partial charge in [0.25, 0.3) is 0 Å². The number of nitrogens with two attached hydrogens (primary N) is 1. The molecule has 1 aliphatic rings. The van der Waals surface area contributed by atoms with Crippen molar-refractivity contribution in [3.63, 3.8) is 0 Å². The van der Waals surface area contributed by atoms with Crippen LogP contribution < -0.4 is 15.2 Å². The summed E-state index contributed by atoms with van der Waals surface area (Å²) in [4.78, 5) is 16.2. The summed E-state index contributed by atoms with van der Waals surface area (Å²) in [7, 11) is 0. The monoisotopic (exact) mass is 423 g/mol. The van der Waals surface area contributed by atoms with Crippen molar-refractivity contribution in [2.75, 3.05) is 6.61 Å². The summed E-state index contributed by atoms with van der Waals surface area (Å²) in [5, 5.41) is 11.4. The number of nitrogens with zero attached hydrogens (tertiary/aromatic N) is 2. The normalized spacial score (nSPS) is 15.6.